The predicted molar refractivity (Wildman–Crippen MR) is 106 cm³/mol. The Kier molecular flexibility index (Phi) is 5.66. The highest BCUT2D eigenvalue weighted by atomic mass is 32.2. The lowest BCUT2D eigenvalue weighted by atomic mass is 10.0. The number of ketones is 1. The average molecular weight is 380 g/mol. The molecule has 3 aromatic rings. The number of benzene rings is 2. The molecule has 6 heteroatoms. The van der Waals surface area contributed by atoms with Crippen LogP contribution < -0.4 is 4.31 Å². The molecule has 0 unspecified atom stereocenters. The van der Waals surface area contributed by atoms with Crippen LogP contribution in [-0.4, -0.2) is 24.9 Å². The Morgan fingerprint density at radius 2 is 1.70 bits per heavy atom. The number of rotatable bonds is 7. The topological polar surface area (TPSA) is 67.3 Å². The molecule has 5 nitrogen and oxygen atoms in total. The van der Waals surface area contributed by atoms with E-state index in [0.717, 1.165) is 5.56 Å². The number of aromatic nitrogens is 1. The lowest BCUT2D eigenvalue weighted by Crippen LogP contribution is -2.32. The predicted octanol–water partition coefficient (Wildman–Crippen LogP) is 3.67. The molecule has 0 saturated carbocycles. The molecular formula is C21H20N2O3S. The highest BCUT2D eigenvalue weighted by Crippen LogP contribution is 2.24. The summed E-state index contributed by atoms with van der Waals surface area (Å²) in [5, 5.41) is 0. The maximum Gasteiger partial charge on any atom is 0.235 e. The van der Waals surface area contributed by atoms with E-state index in [4.69, 9.17) is 0 Å². The van der Waals surface area contributed by atoms with Gasteiger partial charge in [-0.3, -0.25) is 14.1 Å². The maximum atomic E-state index is 12.7. The van der Waals surface area contributed by atoms with Gasteiger partial charge in [-0.25, -0.2) is 8.42 Å². The van der Waals surface area contributed by atoms with Gasteiger partial charge in [0.1, 0.15) is 0 Å². The number of sulfonamides is 1. The lowest BCUT2D eigenvalue weighted by molar-refractivity contribution is 0.103. The van der Waals surface area contributed by atoms with Crippen molar-refractivity contribution >= 4 is 21.5 Å². The van der Waals surface area contributed by atoms with Crippen molar-refractivity contribution in [3.05, 3.63) is 95.8 Å². The molecule has 0 aliphatic rings. The summed E-state index contributed by atoms with van der Waals surface area (Å²) < 4.78 is 26.7. The SMILES string of the molecule is CCS(=O)(=O)N(Cc1cccnc1)c1cccc(C(=O)c2ccccc2)c1. The van der Waals surface area contributed by atoms with E-state index in [9.17, 15) is 13.2 Å². The third kappa shape index (κ3) is 4.41. The summed E-state index contributed by atoms with van der Waals surface area (Å²) in [5.41, 5.74) is 2.24. The van der Waals surface area contributed by atoms with Crippen molar-refractivity contribution in [3.8, 4) is 0 Å². The first kappa shape index (κ1) is 18.8. The van der Waals surface area contributed by atoms with Gasteiger partial charge in [0.05, 0.1) is 18.0 Å². The van der Waals surface area contributed by atoms with Gasteiger partial charge in [0.15, 0.2) is 5.78 Å². The fraction of sp³-hybridized carbons (Fsp3) is 0.143. The second-order valence-corrected chi connectivity index (χ2v) is 8.20. The fourth-order valence-corrected chi connectivity index (χ4v) is 3.81. The quantitative estimate of drug-likeness (QED) is 0.587. The van der Waals surface area contributed by atoms with Gasteiger partial charge >= 0.3 is 0 Å². The number of hydrogen-bond donors (Lipinski definition) is 0. The van der Waals surface area contributed by atoms with Gasteiger partial charge in [-0.1, -0.05) is 48.5 Å². The van der Waals surface area contributed by atoms with Crippen molar-refractivity contribution in [2.24, 2.45) is 0 Å². The minimum Gasteiger partial charge on any atom is -0.289 e. The van der Waals surface area contributed by atoms with E-state index in [1.54, 1.807) is 73.9 Å². The largest absolute Gasteiger partial charge is 0.289 e. The van der Waals surface area contributed by atoms with Gasteiger partial charge in [-0.05, 0) is 30.7 Å². The molecule has 0 fully saturated rings. The average Bonchev–Trinajstić information content (AvgIpc) is 2.73. The van der Waals surface area contributed by atoms with Gasteiger partial charge in [0.25, 0.3) is 0 Å². The Labute approximate surface area is 159 Å². The van der Waals surface area contributed by atoms with Gasteiger partial charge in [-0.2, -0.15) is 0 Å². The molecule has 0 saturated heterocycles. The molecule has 0 aliphatic heterocycles. The van der Waals surface area contributed by atoms with Crippen molar-refractivity contribution in [2.45, 2.75) is 13.5 Å². The van der Waals surface area contributed by atoms with Crippen LogP contribution in [0.2, 0.25) is 0 Å². The van der Waals surface area contributed by atoms with Crippen molar-refractivity contribution in [2.75, 3.05) is 10.1 Å². The molecule has 0 spiro atoms. The van der Waals surface area contributed by atoms with Crippen LogP contribution in [0.3, 0.4) is 0 Å². The van der Waals surface area contributed by atoms with Gasteiger partial charge in [-0.15, -0.1) is 0 Å². The zero-order valence-corrected chi connectivity index (χ0v) is 15.8. The summed E-state index contributed by atoms with van der Waals surface area (Å²) in [5.74, 6) is -0.183. The molecule has 0 atom stereocenters. The molecule has 0 bridgehead atoms. The van der Waals surface area contributed by atoms with E-state index in [-0.39, 0.29) is 18.1 Å². The van der Waals surface area contributed by atoms with Crippen molar-refractivity contribution < 1.29 is 13.2 Å². The Balaban J connectivity index is 1.99. The molecule has 3 rings (SSSR count). The monoisotopic (exact) mass is 380 g/mol. The van der Waals surface area contributed by atoms with Crippen LogP contribution in [-0.2, 0) is 16.6 Å². The second kappa shape index (κ2) is 8.14. The molecule has 0 aliphatic carbocycles. The van der Waals surface area contributed by atoms with Crippen molar-refractivity contribution in [1.29, 1.82) is 0 Å². The highest BCUT2D eigenvalue weighted by molar-refractivity contribution is 7.92. The van der Waals surface area contributed by atoms with E-state index in [0.29, 0.717) is 16.8 Å². The summed E-state index contributed by atoms with van der Waals surface area (Å²) >= 11 is 0. The maximum absolute atomic E-state index is 12.7. The van der Waals surface area contributed by atoms with Gasteiger partial charge < -0.3 is 0 Å². The van der Waals surface area contributed by atoms with E-state index >= 15 is 0 Å². The molecule has 2 aromatic carbocycles. The van der Waals surface area contributed by atoms with E-state index in [2.05, 4.69) is 4.98 Å². The normalized spacial score (nSPS) is 11.1. The molecule has 0 N–H and O–H groups in total. The second-order valence-electron chi connectivity index (χ2n) is 6.01. The minimum absolute atomic E-state index is 0.0376. The molecule has 138 valence electrons. The van der Waals surface area contributed by atoms with E-state index in [1.165, 1.54) is 4.31 Å². The molecular weight excluding hydrogens is 360 g/mol. The minimum atomic E-state index is -3.52. The third-order valence-corrected chi connectivity index (χ3v) is 5.92. The van der Waals surface area contributed by atoms with Crippen LogP contribution in [0.1, 0.15) is 28.4 Å². The van der Waals surface area contributed by atoms with Crippen LogP contribution in [0, 0.1) is 0 Å². The van der Waals surface area contributed by atoms with Gasteiger partial charge in [0.2, 0.25) is 10.0 Å². The van der Waals surface area contributed by atoms with Crippen molar-refractivity contribution in [3.63, 3.8) is 0 Å². The number of carbonyl (C=O) groups excluding carboxylic acids is 1. The van der Waals surface area contributed by atoms with Crippen LogP contribution in [0.5, 0.6) is 0 Å². The number of anilines is 1. The first-order chi connectivity index (χ1) is 13.0. The van der Waals surface area contributed by atoms with Crippen LogP contribution in [0.15, 0.2) is 79.1 Å². The summed E-state index contributed by atoms with van der Waals surface area (Å²) in [6, 6.07) is 19.2. The summed E-state index contributed by atoms with van der Waals surface area (Å²) in [6.45, 7) is 1.76. The van der Waals surface area contributed by atoms with E-state index < -0.39 is 10.0 Å². The molecule has 1 heterocycles. The first-order valence-corrected chi connectivity index (χ1v) is 10.2. The number of pyridine rings is 1. The molecule has 1 aromatic heterocycles. The first-order valence-electron chi connectivity index (χ1n) is 8.60. The molecule has 27 heavy (non-hydrogen) atoms. The Bertz CT molecular complexity index is 1020. The number of hydrogen-bond acceptors (Lipinski definition) is 4. The Morgan fingerprint density at radius 1 is 0.963 bits per heavy atom. The zero-order chi connectivity index (χ0) is 19.3. The van der Waals surface area contributed by atoms with Crippen LogP contribution >= 0.6 is 0 Å². The highest BCUT2D eigenvalue weighted by Gasteiger charge is 2.22. The fourth-order valence-electron chi connectivity index (χ4n) is 2.72. The van der Waals surface area contributed by atoms with Crippen molar-refractivity contribution in [1.82, 2.24) is 4.98 Å². The van der Waals surface area contributed by atoms with Crippen LogP contribution in [0.4, 0.5) is 5.69 Å². The van der Waals surface area contributed by atoms with Gasteiger partial charge in [0, 0.05) is 23.5 Å². The van der Waals surface area contributed by atoms with E-state index in [1.807, 2.05) is 12.1 Å². The molecule has 0 radical (unpaired) electrons. The lowest BCUT2D eigenvalue weighted by Gasteiger charge is -2.24. The Morgan fingerprint density at radius 3 is 2.37 bits per heavy atom. The number of nitrogens with zero attached hydrogens (tertiary/aromatic N) is 2. The Hall–Kier alpha value is -2.99. The summed E-state index contributed by atoms with van der Waals surface area (Å²) in [6.07, 6.45) is 3.28. The number of carbonyl (C=O) groups is 1. The zero-order valence-electron chi connectivity index (χ0n) is 14.9. The van der Waals surface area contributed by atoms with Crippen LogP contribution in [0.25, 0.3) is 0 Å². The third-order valence-electron chi connectivity index (χ3n) is 4.18. The standard InChI is InChI=1S/C21H20N2O3S/c1-2-27(25,26)23(16-17-8-7-13-22-15-17)20-12-6-11-19(14-20)21(24)18-9-4-3-5-10-18/h3-15H,2,16H2,1H3. The summed E-state index contributed by atoms with van der Waals surface area (Å²) in [4.78, 5) is 16.8. The molecule has 0 amide bonds. The summed E-state index contributed by atoms with van der Waals surface area (Å²) in [7, 11) is -3.52. The smallest absolute Gasteiger partial charge is 0.235 e.